The Bertz CT molecular complexity index is 462. The molecule has 0 bridgehead atoms. The molecule has 0 saturated carbocycles. The van der Waals surface area contributed by atoms with Crippen LogP contribution in [0.5, 0.6) is 5.75 Å². The lowest BCUT2D eigenvalue weighted by atomic mass is 10.2. The van der Waals surface area contributed by atoms with Crippen LogP contribution in [0.1, 0.15) is 22.6 Å². The second-order valence-corrected chi connectivity index (χ2v) is 2.62. The summed E-state index contributed by atoms with van der Waals surface area (Å²) in [6.07, 6.45) is -3.22. The third kappa shape index (κ3) is 2.02. The first-order valence-corrected chi connectivity index (χ1v) is 3.74. The van der Waals surface area contributed by atoms with Crippen molar-refractivity contribution in [1.29, 1.82) is 0 Å². The molecule has 0 aliphatic heterocycles. The Balaban J connectivity index is 3.49. The van der Waals surface area contributed by atoms with Gasteiger partial charge in [0, 0.05) is 0 Å². The number of carboxylic acid groups (broad SMARTS) is 1. The van der Waals surface area contributed by atoms with Crippen LogP contribution in [0.15, 0.2) is 6.07 Å². The highest BCUT2D eigenvalue weighted by Crippen LogP contribution is 2.31. The second kappa shape index (κ2) is 4.04. The van der Waals surface area contributed by atoms with Crippen LogP contribution in [0.4, 0.5) is 14.5 Å². The summed E-state index contributed by atoms with van der Waals surface area (Å²) in [6.45, 7) is 0. The zero-order chi connectivity index (χ0) is 12.5. The molecule has 1 rings (SSSR count). The van der Waals surface area contributed by atoms with Gasteiger partial charge in [0.1, 0.15) is 11.4 Å². The number of nitro groups is 1. The summed E-state index contributed by atoms with van der Waals surface area (Å²) in [5, 5.41) is 27.9. The maximum Gasteiger partial charge on any atom is 0.361 e. The quantitative estimate of drug-likeness (QED) is 0.602. The van der Waals surface area contributed by atoms with E-state index in [-0.39, 0.29) is 0 Å². The summed E-state index contributed by atoms with van der Waals surface area (Å²) in [7, 11) is 0. The molecule has 16 heavy (non-hydrogen) atoms. The molecule has 1 aromatic heterocycles. The lowest BCUT2D eigenvalue weighted by molar-refractivity contribution is -0.385. The monoisotopic (exact) mass is 234 g/mol. The largest absolute Gasteiger partial charge is 0.506 e. The second-order valence-electron chi connectivity index (χ2n) is 2.62. The van der Waals surface area contributed by atoms with E-state index < -0.39 is 40.1 Å². The van der Waals surface area contributed by atoms with Gasteiger partial charge in [0.15, 0.2) is 0 Å². The standard InChI is InChI=1S/C7H4F2N2O5/c8-6(9)5-3(12)1-2(11(15)16)4(10-5)7(13)14/h1,6,12H,(H,13,14). The van der Waals surface area contributed by atoms with Gasteiger partial charge in [0.2, 0.25) is 5.69 Å². The van der Waals surface area contributed by atoms with Gasteiger partial charge in [-0.3, -0.25) is 10.1 Å². The Morgan fingerprint density at radius 3 is 2.50 bits per heavy atom. The summed E-state index contributed by atoms with van der Waals surface area (Å²) in [5.74, 6) is -2.94. The number of carboxylic acids is 1. The molecule has 0 atom stereocenters. The Morgan fingerprint density at radius 2 is 2.12 bits per heavy atom. The molecule has 1 heterocycles. The minimum atomic E-state index is -3.22. The van der Waals surface area contributed by atoms with Crippen LogP contribution in [-0.4, -0.2) is 26.1 Å². The minimum absolute atomic E-state index is 0.331. The molecule has 9 heteroatoms. The molecular weight excluding hydrogens is 230 g/mol. The van der Waals surface area contributed by atoms with Gasteiger partial charge >= 0.3 is 11.7 Å². The third-order valence-electron chi connectivity index (χ3n) is 1.62. The molecule has 0 aromatic carbocycles. The van der Waals surface area contributed by atoms with Gasteiger partial charge in [-0.25, -0.2) is 18.6 Å². The summed E-state index contributed by atoms with van der Waals surface area (Å²) in [4.78, 5) is 22.6. The van der Waals surface area contributed by atoms with Crippen LogP contribution in [0, 0.1) is 10.1 Å². The van der Waals surface area contributed by atoms with E-state index in [1.807, 2.05) is 0 Å². The Morgan fingerprint density at radius 1 is 1.56 bits per heavy atom. The Kier molecular flexibility index (Phi) is 2.97. The minimum Gasteiger partial charge on any atom is -0.506 e. The van der Waals surface area contributed by atoms with E-state index in [1.54, 1.807) is 0 Å². The van der Waals surface area contributed by atoms with E-state index in [9.17, 15) is 23.7 Å². The number of aromatic carboxylic acids is 1. The third-order valence-corrected chi connectivity index (χ3v) is 1.62. The molecule has 1 aromatic rings. The van der Waals surface area contributed by atoms with E-state index in [0.717, 1.165) is 0 Å². The lowest BCUT2D eigenvalue weighted by Crippen LogP contribution is -2.08. The normalized spacial score (nSPS) is 10.4. The maximum atomic E-state index is 12.2. The zero-order valence-electron chi connectivity index (χ0n) is 7.42. The van der Waals surface area contributed by atoms with Crippen LogP contribution in [0.3, 0.4) is 0 Å². The van der Waals surface area contributed by atoms with Gasteiger partial charge in [-0.15, -0.1) is 0 Å². The fraction of sp³-hybridized carbons (Fsp3) is 0.143. The first-order valence-electron chi connectivity index (χ1n) is 3.74. The number of rotatable bonds is 3. The molecule has 7 nitrogen and oxygen atoms in total. The highest BCUT2D eigenvalue weighted by atomic mass is 19.3. The number of nitrogens with zero attached hydrogens (tertiary/aromatic N) is 2. The van der Waals surface area contributed by atoms with E-state index in [4.69, 9.17) is 10.2 Å². The van der Waals surface area contributed by atoms with Gasteiger partial charge in [-0.1, -0.05) is 0 Å². The van der Waals surface area contributed by atoms with Crippen molar-refractivity contribution in [2.75, 3.05) is 0 Å². The Hall–Kier alpha value is -2.32. The van der Waals surface area contributed by atoms with Crippen molar-refractivity contribution in [2.24, 2.45) is 0 Å². The van der Waals surface area contributed by atoms with Crippen molar-refractivity contribution in [3.05, 3.63) is 27.6 Å². The van der Waals surface area contributed by atoms with Crippen molar-refractivity contribution in [2.45, 2.75) is 6.43 Å². The van der Waals surface area contributed by atoms with E-state index >= 15 is 0 Å². The smallest absolute Gasteiger partial charge is 0.361 e. The average Bonchev–Trinajstić information content (AvgIpc) is 2.15. The lowest BCUT2D eigenvalue weighted by Gasteiger charge is -2.04. The maximum absolute atomic E-state index is 12.2. The molecule has 0 amide bonds. The number of hydrogen-bond donors (Lipinski definition) is 2. The van der Waals surface area contributed by atoms with Crippen LogP contribution in [-0.2, 0) is 0 Å². The Labute approximate surface area is 86.1 Å². The number of pyridine rings is 1. The van der Waals surface area contributed by atoms with Gasteiger partial charge < -0.3 is 10.2 Å². The number of alkyl halides is 2. The molecule has 0 aliphatic carbocycles. The first-order chi connectivity index (χ1) is 7.34. The molecule has 0 spiro atoms. The topological polar surface area (TPSA) is 114 Å². The first kappa shape index (κ1) is 11.8. The van der Waals surface area contributed by atoms with Crippen molar-refractivity contribution < 1.29 is 28.7 Å². The van der Waals surface area contributed by atoms with Crippen LogP contribution >= 0.6 is 0 Å². The molecule has 0 aliphatic rings. The SMILES string of the molecule is O=C(O)c1nc(C(F)F)c(O)cc1[N+](=O)[O-]. The highest BCUT2D eigenvalue weighted by Gasteiger charge is 2.27. The molecule has 86 valence electrons. The summed E-state index contributed by atoms with van der Waals surface area (Å²) in [6, 6.07) is 0.331. The highest BCUT2D eigenvalue weighted by molar-refractivity contribution is 5.90. The van der Waals surface area contributed by atoms with E-state index in [1.165, 1.54) is 0 Å². The van der Waals surface area contributed by atoms with Crippen molar-refractivity contribution in [3.8, 4) is 5.75 Å². The summed E-state index contributed by atoms with van der Waals surface area (Å²) >= 11 is 0. The molecule has 2 N–H and O–H groups in total. The fourth-order valence-electron chi connectivity index (χ4n) is 0.964. The zero-order valence-corrected chi connectivity index (χ0v) is 7.42. The van der Waals surface area contributed by atoms with Gasteiger partial charge in [0.05, 0.1) is 11.0 Å². The fourth-order valence-corrected chi connectivity index (χ4v) is 0.964. The summed E-state index contributed by atoms with van der Waals surface area (Å²) < 4.78 is 24.4. The van der Waals surface area contributed by atoms with Crippen LogP contribution < -0.4 is 0 Å². The van der Waals surface area contributed by atoms with Gasteiger partial charge in [-0.2, -0.15) is 0 Å². The number of carbonyl (C=O) groups is 1. The number of halogens is 2. The van der Waals surface area contributed by atoms with Crippen LogP contribution in [0.25, 0.3) is 0 Å². The van der Waals surface area contributed by atoms with E-state index in [2.05, 4.69) is 4.98 Å². The van der Waals surface area contributed by atoms with Crippen molar-refractivity contribution >= 4 is 11.7 Å². The van der Waals surface area contributed by atoms with Crippen molar-refractivity contribution in [3.63, 3.8) is 0 Å². The van der Waals surface area contributed by atoms with E-state index in [0.29, 0.717) is 6.07 Å². The van der Waals surface area contributed by atoms with Crippen molar-refractivity contribution in [1.82, 2.24) is 4.98 Å². The predicted molar refractivity (Wildman–Crippen MR) is 44.5 cm³/mol. The predicted octanol–water partition coefficient (Wildman–Crippen LogP) is 1.33. The summed E-state index contributed by atoms with van der Waals surface area (Å²) in [5.41, 5.74) is -3.39. The van der Waals surface area contributed by atoms with Gasteiger partial charge in [-0.05, 0) is 0 Å². The average molecular weight is 234 g/mol. The molecular formula is C7H4F2N2O5. The molecule has 0 fully saturated rings. The molecule has 0 unspecified atom stereocenters. The molecule has 0 radical (unpaired) electrons. The van der Waals surface area contributed by atoms with Gasteiger partial charge in [0.25, 0.3) is 6.43 Å². The number of aromatic nitrogens is 1. The van der Waals surface area contributed by atoms with Crippen LogP contribution in [0.2, 0.25) is 0 Å². The number of hydrogen-bond acceptors (Lipinski definition) is 5. The number of aromatic hydroxyl groups is 1. The molecule has 0 saturated heterocycles.